The number of carboxylic acid groups (broad SMARTS) is 1. The number of amides is 1. The molecule has 2 aromatic heterocycles. The molecule has 0 saturated carbocycles. The quantitative estimate of drug-likeness (QED) is 0.249. The van der Waals surface area contributed by atoms with Gasteiger partial charge in [-0.3, -0.25) is 4.79 Å². The van der Waals surface area contributed by atoms with Crippen molar-refractivity contribution in [3.05, 3.63) is 87.9 Å². The first-order chi connectivity index (χ1) is 17.3. The molecule has 10 heteroatoms. The van der Waals surface area contributed by atoms with Crippen LogP contribution < -0.4 is 10.6 Å². The van der Waals surface area contributed by atoms with E-state index in [1.54, 1.807) is 30.7 Å². The smallest absolute Gasteiger partial charge is 0.326 e. The summed E-state index contributed by atoms with van der Waals surface area (Å²) in [7, 11) is 0. The fourth-order valence-corrected chi connectivity index (χ4v) is 4.78. The number of hydrogen-bond donors (Lipinski definition) is 4. The first-order valence-electron chi connectivity index (χ1n) is 11.4. The van der Waals surface area contributed by atoms with E-state index in [1.165, 1.54) is 12.1 Å². The number of carbonyl (C=O) groups is 2. The van der Waals surface area contributed by atoms with Crippen LogP contribution in [0.5, 0.6) is 0 Å². The van der Waals surface area contributed by atoms with Gasteiger partial charge in [0.2, 0.25) is 0 Å². The van der Waals surface area contributed by atoms with Crippen LogP contribution >= 0.6 is 11.3 Å². The summed E-state index contributed by atoms with van der Waals surface area (Å²) < 4.78 is 13.8. The standard InChI is InChI=1S/C26H26FN5O3S/c1-3-17-12-19(27)10-15(2)22(17)23(33)32-21(25(34)35)11-16-4-6-18(7-5-16)24-30-13-20(36-24)14-31-26-28-8-9-29-26/h4-10,12-13,21H,3,11,14H2,1-2H3,(H,32,33)(H,34,35)(H2,28,29,31). The summed E-state index contributed by atoms with van der Waals surface area (Å²) in [6.45, 7) is 4.06. The largest absolute Gasteiger partial charge is 0.480 e. The van der Waals surface area contributed by atoms with Gasteiger partial charge in [-0.15, -0.1) is 11.3 Å². The van der Waals surface area contributed by atoms with Crippen LogP contribution in [-0.2, 0) is 24.2 Å². The van der Waals surface area contributed by atoms with Gasteiger partial charge >= 0.3 is 5.97 Å². The Labute approximate surface area is 211 Å². The lowest BCUT2D eigenvalue weighted by atomic mass is 9.98. The molecule has 4 rings (SSSR count). The molecule has 0 radical (unpaired) electrons. The van der Waals surface area contributed by atoms with E-state index in [0.717, 1.165) is 21.0 Å². The molecule has 0 aliphatic rings. The van der Waals surface area contributed by atoms with Gasteiger partial charge in [-0.25, -0.2) is 19.2 Å². The highest BCUT2D eigenvalue weighted by atomic mass is 32.1. The highest BCUT2D eigenvalue weighted by molar-refractivity contribution is 7.15. The summed E-state index contributed by atoms with van der Waals surface area (Å²) in [6.07, 6.45) is 5.79. The number of aliphatic carboxylic acids is 1. The predicted octanol–water partition coefficient (Wildman–Crippen LogP) is 4.58. The van der Waals surface area contributed by atoms with Crippen molar-refractivity contribution in [2.45, 2.75) is 39.3 Å². The molecule has 0 bridgehead atoms. The van der Waals surface area contributed by atoms with Gasteiger partial charge < -0.3 is 20.7 Å². The molecule has 1 amide bonds. The average Bonchev–Trinajstić information content (AvgIpc) is 3.54. The van der Waals surface area contributed by atoms with E-state index in [1.807, 2.05) is 37.4 Å². The van der Waals surface area contributed by atoms with E-state index >= 15 is 0 Å². The molecule has 4 aromatic rings. The minimum absolute atomic E-state index is 0.110. The Morgan fingerprint density at radius 1 is 1.19 bits per heavy atom. The number of hydrogen-bond acceptors (Lipinski definition) is 6. The fraction of sp³-hybridized carbons (Fsp3) is 0.231. The third-order valence-corrected chi connectivity index (χ3v) is 6.76. The second-order valence-electron chi connectivity index (χ2n) is 8.30. The van der Waals surface area contributed by atoms with Gasteiger partial charge in [0.25, 0.3) is 5.91 Å². The van der Waals surface area contributed by atoms with Gasteiger partial charge in [-0.05, 0) is 42.2 Å². The van der Waals surface area contributed by atoms with Crippen molar-refractivity contribution in [1.29, 1.82) is 0 Å². The molecule has 0 aliphatic carbocycles. The molecule has 2 heterocycles. The van der Waals surface area contributed by atoms with Gasteiger partial charge in [-0.2, -0.15) is 0 Å². The number of benzene rings is 2. The highest BCUT2D eigenvalue weighted by Gasteiger charge is 2.24. The molecule has 8 nitrogen and oxygen atoms in total. The molecule has 0 fully saturated rings. The van der Waals surface area contributed by atoms with E-state index < -0.39 is 23.7 Å². The molecular formula is C26H26FN5O3S. The van der Waals surface area contributed by atoms with Gasteiger partial charge in [0, 0.05) is 41.0 Å². The molecule has 0 spiro atoms. The number of anilines is 1. The van der Waals surface area contributed by atoms with Gasteiger partial charge in [0.15, 0.2) is 5.95 Å². The lowest BCUT2D eigenvalue weighted by Crippen LogP contribution is -2.42. The van der Waals surface area contributed by atoms with Crippen LogP contribution in [0.2, 0.25) is 0 Å². The molecule has 0 saturated heterocycles. The number of nitrogens with zero attached hydrogens (tertiary/aromatic N) is 2. The average molecular weight is 508 g/mol. The van der Waals surface area contributed by atoms with Crippen LogP contribution in [-0.4, -0.2) is 38.0 Å². The number of H-pyrrole nitrogens is 1. The number of carbonyl (C=O) groups excluding carboxylic acids is 1. The lowest BCUT2D eigenvalue weighted by Gasteiger charge is -2.17. The number of aromatic amines is 1. The summed E-state index contributed by atoms with van der Waals surface area (Å²) in [5.74, 6) is -1.39. The Bertz CT molecular complexity index is 1350. The zero-order valence-corrected chi connectivity index (χ0v) is 20.7. The van der Waals surface area contributed by atoms with Crippen molar-refractivity contribution in [2.24, 2.45) is 0 Å². The summed E-state index contributed by atoms with van der Waals surface area (Å²) >= 11 is 1.55. The Balaban J connectivity index is 1.42. The molecule has 1 unspecified atom stereocenters. The molecule has 36 heavy (non-hydrogen) atoms. The first kappa shape index (κ1) is 25.1. The Morgan fingerprint density at radius 2 is 1.97 bits per heavy atom. The van der Waals surface area contributed by atoms with Crippen LogP contribution in [0.4, 0.5) is 10.3 Å². The summed E-state index contributed by atoms with van der Waals surface area (Å²) in [4.78, 5) is 37.5. The van der Waals surface area contributed by atoms with Gasteiger partial charge in [0.1, 0.15) is 16.9 Å². The Hall–Kier alpha value is -4.05. The third-order valence-electron chi connectivity index (χ3n) is 5.72. The number of aromatic nitrogens is 3. The topological polar surface area (TPSA) is 120 Å². The van der Waals surface area contributed by atoms with E-state index in [9.17, 15) is 19.1 Å². The van der Waals surface area contributed by atoms with E-state index in [0.29, 0.717) is 35.6 Å². The van der Waals surface area contributed by atoms with E-state index in [2.05, 4.69) is 25.6 Å². The summed E-state index contributed by atoms with van der Waals surface area (Å²) in [5.41, 5.74) is 3.01. The number of nitrogens with one attached hydrogen (secondary N) is 3. The maximum absolute atomic E-state index is 13.8. The van der Waals surface area contributed by atoms with E-state index in [-0.39, 0.29) is 6.42 Å². The number of imidazole rings is 1. The van der Waals surface area contributed by atoms with Gasteiger partial charge in [-0.1, -0.05) is 31.2 Å². The van der Waals surface area contributed by atoms with Crippen molar-refractivity contribution in [3.8, 4) is 10.6 Å². The van der Waals surface area contributed by atoms with Crippen LogP contribution in [0.25, 0.3) is 10.6 Å². The minimum atomic E-state index is -1.14. The molecule has 0 aliphatic heterocycles. The second-order valence-corrected chi connectivity index (χ2v) is 9.41. The zero-order valence-electron chi connectivity index (χ0n) is 19.8. The fourth-order valence-electron chi connectivity index (χ4n) is 3.92. The zero-order chi connectivity index (χ0) is 25.7. The highest BCUT2D eigenvalue weighted by Crippen LogP contribution is 2.26. The van der Waals surface area contributed by atoms with Crippen molar-refractivity contribution in [3.63, 3.8) is 0 Å². The van der Waals surface area contributed by atoms with Crippen LogP contribution in [0, 0.1) is 12.7 Å². The van der Waals surface area contributed by atoms with Crippen LogP contribution in [0.15, 0.2) is 55.0 Å². The normalized spacial score (nSPS) is 11.8. The SMILES string of the molecule is CCc1cc(F)cc(C)c1C(=O)NC(Cc1ccc(-c2ncc(CNc3ncc[nH]3)s2)cc1)C(=O)O. The van der Waals surface area contributed by atoms with Crippen molar-refractivity contribution in [1.82, 2.24) is 20.3 Å². The summed E-state index contributed by atoms with van der Waals surface area (Å²) in [6, 6.07) is 8.90. The second kappa shape index (κ2) is 11.1. The third kappa shape index (κ3) is 5.95. The monoisotopic (exact) mass is 507 g/mol. The number of carboxylic acids is 1. The maximum Gasteiger partial charge on any atom is 0.326 e. The Kier molecular flexibility index (Phi) is 7.74. The molecule has 2 aromatic carbocycles. The molecular weight excluding hydrogens is 481 g/mol. The molecule has 1 atom stereocenters. The number of aryl methyl sites for hydroxylation is 2. The predicted molar refractivity (Wildman–Crippen MR) is 137 cm³/mol. The van der Waals surface area contributed by atoms with Crippen molar-refractivity contribution < 1.29 is 19.1 Å². The number of halogens is 1. The first-order valence-corrected chi connectivity index (χ1v) is 12.3. The number of rotatable bonds is 10. The van der Waals surface area contributed by atoms with Crippen LogP contribution in [0.1, 0.15) is 38.8 Å². The molecule has 186 valence electrons. The van der Waals surface area contributed by atoms with Crippen molar-refractivity contribution in [2.75, 3.05) is 5.32 Å². The Morgan fingerprint density at radius 3 is 2.64 bits per heavy atom. The summed E-state index contributed by atoms with van der Waals surface area (Å²) in [5, 5.41) is 16.4. The van der Waals surface area contributed by atoms with Crippen molar-refractivity contribution >= 4 is 29.2 Å². The maximum atomic E-state index is 13.8. The van der Waals surface area contributed by atoms with E-state index in [4.69, 9.17) is 0 Å². The van der Waals surface area contributed by atoms with Gasteiger partial charge in [0.05, 0.1) is 6.54 Å². The van der Waals surface area contributed by atoms with Crippen LogP contribution in [0.3, 0.4) is 0 Å². The minimum Gasteiger partial charge on any atom is -0.480 e. The number of thiazole rings is 1. The lowest BCUT2D eigenvalue weighted by molar-refractivity contribution is -0.139. The molecule has 4 N–H and O–H groups in total.